The normalized spacial score (nSPS) is 10.7. The lowest BCUT2D eigenvalue weighted by molar-refractivity contribution is 0.111. The van der Waals surface area contributed by atoms with Crippen LogP contribution in [0.1, 0.15) is 24.3 Å². The van der Waals surface area contributed by atoms with Crippen molar-refractivity contribution >= 4 is 6.29 Å². The Morgan fingerprint density at radius 1 is 1.17 bits per heavy atom. The van der Waals surface area contributed by atoms with Crippen molar-refractivity contribution in [1.29, 1.82) is 0 Å². The van der Waals surface area contributed by atoms with Gasteiger partial charge in [-0.3, -0.25) is 4.79 Å². The van der Waals surface area contributed by atoms with Crippen LogP contribution in [-0.2, 0) is 7.05 Å². The van der Waals surface area contributed by atoms with Crippen molar-refractivity contribution in [2.45, 2.75) is 20.0 Å². The average Bonchev–Trinajstić information content (AvgIpc) is 2.71. The van der Waals surface area contributed by atoms with Gasteiger partial charge in [-0.1, -0.05) is 12.1 Å². The van der Waals surface area contributed by atoms with Gasteiger partial charge in [0.05, 0.1) is 11.8 Å². The molecule has 18 heavy (non-hydrogen) atoms. The van der Waals surface area contributed by atoms with Crippen molar-refractivity contribution < 1.29 is 9.53 Å². The third-order valence-corrected chi connectivity index (χ3v) is 2.72. The van der Waals surface area contributed by atoms with Gasteiger partial charge < -0.3 is 9.30 Å². The van der Waals surface area contributed by atoms with E-state index in [0.29, 0.717) is 5.69 Å². The molecule has 2 rings (SSSR count). The summed E-state index contributed by atoms with van der Waals surface area (Å²) in [6, 6.07) is 9.78. The largest absolute Gasteiger partial charge is 0.491 e. The average molecular weight is 243 g/mol. The van der Waals surface area contributed by atoms with Crippen molar-refractivity contribution in [2.75, 3.05) is 0 Å². The smallest absolute Gasteiger partial charge is 0.166 e. The lowest BCUT2D eigenvalue weighted by Gasteiger charge is -2.09. The topological polar surface area (TPSA) is 31.2 Å². The van der Waals surface area contributed by atoms with Crippen molar-refractivity contribution in [3.05, 3.63) is 42.2 Å². The Balaban J connectivity index is 2.25. The van der Waals surface area contributed by atoms with Gasteiger partial charge in [-0.25, -0.2) is 0 Å². The van der Waals surface area contributed by atoms with Crippen LogP contribution in [0.2, 0.25) is 0 Å². The Labute approximate surface area is 107 Å². The van der Waals surface area contributed by atoms with Crippen LogP contribution in [0, 0.1) is 0 Å². The predicted octanol–water partition coefficient (Wildman–Crippen LogP) is 3.29. The quantitative estimate of drug-likeness (QED) is 0.771. The van der Waals surface area contributed by atoms with Gasteiger partial charge in [-0.15, -0.1) is 0 Å². The van der Waals surface area contributed by atoms with Crippen LogP contribution < -0.4 is 4.74 Å². The second-order valence-corrected chi connectivity index (χ2v) is 4.57. The first kappa shape index (κ1) is 12.4. The zero-order valence-electron chi connectivity index (χ0n) is 10.9. The summed E-state index contributed by atoms with van der Waals surface area (Å²) in [5, 5.41) is 0. The summed E-state index contributed by atoms with van der Waals surface area (Å²) < 4.78 is 7.41. The van der Waals surface area contributed by atoms with E-state index in [1.54, 1.807) is 0 Å². The molecule has 0 amide bonds. The van der Waals surface area contributed by atoms with Crippen molar-refractivity contribution in [2.24, 2.45) is 7.05 Å². The molecule has 3 nitrogen and oxygen atoms in total. The van der Waals surface area contributed by atoms with E-state index in [-0.39, 0.29) is 6.10 Å². The van der Waals surface area contributed by atoms with E-state index in [1.807, 2.05) is 62.0 Å². The van der Waals surface area contributed by atoms with E-state index in [4.69, 9.17) is 4.74 Å². The Hall–Kier alpha value is -2.03. The van der Waals surface area contributed by atoms with Gasteiger partial charge in [0.2, 0.25) is 0 Å². The number of benzene rings is 1. The fraction of sp³-hybridized carbons (Fsp3) is 0.267. The van der Waals surface area contributed by atoms with Gasteiger partial charge in [-0.2, -0.15) is 0 Å². The predicted molar refractivity (Wildman–Crippen MR) is 72.0 cm³/mol. The number of rotatable bonds is 4. The van der Waals surface area contributed by atoms with Crippen molar-refractivity contribution in [3.8, 4) is 16.9 Å². The number of carbonyl (C=O) groups is 1. The van der Waals surface area contributed by atoms with Crippen LogP contribution >= 0.6 is 0 Å². The zero-order valence-corrected chi connectivity index (χ0v) is 10.9. The fourth-order valence-corrected chi connectivity index (χ4v) is 1.85. The van der Waals surface area contributed by atoms with Crippen LogP contribution in [-0.4, -0.2) is 17.0 Å². The zero-order chi connectivity index (χ0) is 13.1. The standard InChI is InChI=1S/C15H17NO2/c1-11(2)18-15-6-4-12(5-7-15)13-8-14(10-17)16(3)9-13/h4-11H,1-3H3. The Morgan fingerprint density at radius 3 is 2.33 bits per heavy atom. The molecule has 0 saturated heterocycles. The van der Waals surface area contributed by atoms with E-state index in [0.717, 1.165) is 23.2 Å². The molecule has 0 aliphatic heterocycles. The van der Waals surface area contributed by atoms with Crippen molar-refractivity contribution in [3.63, 3.8) is 0 Å². The second-order valence-electron chi connectivity index (χ2n) is 4.57. The molecule has 0 aliphatic carbocycles. The Morgan fingerprint density at radius 2 is 1.83 bits per heavy atom. The van der Waals surface area contributed by atoms with Gasteiger partial charge in [-0.05, 0) is 37.6 Å². The third kappa shape index (κ3) is 2.62. The highest BCUT2D eigenvalue weighted by Gasteiger charge is 2.05. The molecule has 0 N–H and O–H groups in total. The van der Waals surface area contributed by atoms with E-state index in [9.17, 15) is 4.79 Å². The summed E-state index contributed by atoms with van der Waals surface area (Å²) in [7, 11) is 1.86. The van der Waals surface area contributed by atoms with E-state index >= 15 is 0 Å². The fourth-order valence-electron chi connectivity index (χ4n) is 1.85. The SMILES string of the molecule is CC(C)Oc1ccc(-c2cc(C=O)n(C)c2)cc1. The van der Waals surface area contributed by atoms with Crippen LogP contribution in [0.4, 0.5) is 0 Å². The summed E-state index contributed by atoms with van der Waals surface area (Å²) in [6.45, 7) is 4.00. The summed E-state index contributed by atoms with van der Waals surface area (Å²) >= 11 is 0. The molecule has 1 heterocycles. The second kappa shape index (κ2) is 5.08. The van der Waals surface area contributed by atoms with E-state index < -0.39 is 0 Å². The van der Waals surface area contributed by atoms with Gasteiger partial charge >= 0.3 is 0 Å². The van der Waals surface area contributed by atoms with Gasteiger partial charge in [0.1, 0.15) is 5.75 Å². The van der Waals surface area contributed by atoms with Gasteiger partial charge in [0.15, 0.2) is 6.29 Å². The Kier molecular flexibility index (Phi) is 3.51. The third-order valence-electron chi connectivity index (χ3n) is 2.72. The van der Waals surface area contributed by atoms with E-state index in [1.165, 1.54) is 0 Å². The van der Waals surface area contributed by atoms with Crippen LogP contribution in [0.25, 0.3) is 11.1 Å². The summed E-state index contributed by atoms with van der Waals surface area (Å²) in [5.74, 6) is 0.861. The first-order valence-electron chi connectivity index (χ1n) is 5.99. The molecule has 94 valence electrons. The molecule has 0 aliphatic rings. The summed E-state index contributed by atoms with van der Waals surface area (Å²) in [5.41, 5.74) is 2.79. The van der Waals surface area contributed by atoms with E-state index in [2.05, 4.69) is 0 Å². The number of ether oxygens (including phenoxy) is 1. The number of hydrogen-bond acceptors (Lipinski definition) is 2. The number of aldehydes is 1. The molecule has 2 aromatic rings. The highest BCUT2D eigenvalue weighted by molar-refractivity contribution is 5.77. The molecule has 0 bridgehead atoms. The number of aryl methyl sites for hydroxylation is 1. The molecule has 3 heteroatoms. The molecule has 0 spiro atoms. The number of aromatic nitrogens is 1. The minimum Gasteiger partial charge on any atom is -0.491 e. The van der Waals surface area contributed by atoms with Gasteiger partial charge in [0, 0.05) is 18.8 Å². The van der Waals surface area contributed by atoms with Crippen LogP contribution in [0.15, 0.2) is 36.5 Å². The molecule has 0 radical (unpaired) electrons. The van der Waals surface area contributed by atoms with Crippen LogP contribution in [0.3, 0.4) is 0 Å². The molecule has 0 atom stereocenters. The maximum absolute atomic E-state index is 10.8. The minimum absolute atomic E-state index is 0.175. The highest BCUT2D eigenvalue weighted by Crippen LogP contribution is 2.24. The van der Waals surface area contributed by atoms with Crippen LogP contribution in [0.5, 0.6) is 5.75 Å². The Bertz CT molecular complexity index is 538. The summed E-state index contributed by atoms with van der Waals surface area (Å²) in [4.78, 5) is 10.8. The molecular formula is C15H17NO2. The lowest BCUT2D eigenvalue weighted by atomic mass is 10.1. The van der Waals surface area contributed by atoms with Gasteiger partial charge in [0.25, 0.3) is 0 Å². The molecule has 1 aromatic carbocycles. The number of hydrogen-bond donors (Lipinski definition) is 0. The highest BCUT2D eigenvalue weighted by atomic mass is 16.5. The molecule has 0 saturated carbocycles. The first-order chi connectivity index (χ1) is 8.60. The molecular weight excluding hydrogens is 226 g/mol. The lowest BCUT2D eigenvalue weighted by Crippen LogP contribution is -2.05. The maximum Gasteiger partial charge on any atom is 0.166 e. The maximum atomic E-state index is 10.8. The summed E-state index contributed by atoms with van der Waals surface area (Å²) in [6.07, 6.45) is 2.98. The molecule has 0 unspecified atom stereocenters. The number of nitrogens with zero attached hydrogens (tertiary/aromatic N) is 1. The molecule has 0 fully saturated rings. The monoisotopic (exact) mass is 243 g/mol. The minimum atomic E-state index is 0.175. The van der Waals surface area contributed by atoms with Crippen molar-refractivity contribution in [1.82, 2.24) is 4.57 Å². The first-order valence-corrected chi connectivity index (χ1v) is 5.99. The molecule has 1 aromatic heterocycles. The number of carbonyl (C=O) groups excluding carboxylic acids is 1.